The van der Waals surface area contributed by atoms with Gasteiger partial charge in [-0.3, -0.25) is 4.55 Å². The molecule has 0 saturated carbocycles. The number of hydrogen-bond acceptors (Lipinski definition) is 10. The Hall–Kier alpha value is -2.93. The molecule has 0 amide bonds. The van der Waals surface area contributed by atoms with Gasteiger partial charge in [0.1, 0.15) is 0 Å². The lowest BCUT2D eigenvalue weighted by Gasteiger charge is -2.40. The molecule has 3 N–H and O–H groups in total. The van der Waals surface area contributed by atoms with Crippen LogP contribution in [0.15, 0.2) is 18.2 Å². The van der Waals surface area contributed by atoms with Crippen molar-refractivity contribution < 1.29 is 51.1 Å². The molecule has 0 heterocycles. The molecule has 0 radical (unpaired) electrons. The minimum atomic E-state index is -4.75. The van der Waals surface area contributed by atoms with Gasteiger partial charge in [-0.25, -0.2) is 4.18 Å². The van der Waals surface area contributed by atoms with Crippen molar-refractivity contribution in [1.29, 1.82) is 0 Å². The van der Waals surface area contributed by atoms with Crippen LogP contribution in [0.25, 0.3) is 0 Å². The number of phenolic OH excluding ortho intramolecular Hbond substituents is 2. The molecular weight excluding hydrogens is 472 g/mol. The van der Waals surface area contributed by atoms with Crippen LogP contribution in [0.4, 0.5) is 0 Å². The lowest BCUT2D eigenvalue weighted by molar-refractivity contribution is 0.0167. The van der Waals surface area contributed by atoms with E-state index in [1.165, 1.54) is 35.5 Å². The van der Waals surface area contributed by atoms with Crippen LogP contribution < -0.4 is 18.9 Å². The predicted molar refractivity (Wildman–Crippen MR) is 120 cm³/mol. The topological polar surface area (TPSA) is 150 Å². The Kier molecular flexibility index (Phi) is 7.66. The molecule has 0 aromatic heterocycles. The summed E-state index contributed by atoms with van der Waals surface area (Å²) in [7, 11) is 2.27. The summed E-state index contributed by atoms with van der Waals surface area (Å²) in [5.74, 6) is -1.30. The van der Waals surface area contributed by atoms with Gasteiger partial charge in [0.2, 0.25) is 11.5 Å². The van der Waals surface area contributed by atoms with E-state index in [0.29, 0.717) is 17.5 Å². The summed E-state index contributed by atoms with van der Waals surface area (Å²) in [5, 5.41) is 21.2. The number of methoxy groups -OCH3 is 5. The van der Waals surface area contributed by atoms with Gasteiger partial charge in [0, 0.05) is 24.5 Å². The molecule has 1 aliphatic rings. The molecule has 3 unspecified atom stereocenters. The van der Waals surface area contributed by atoms with Crippen molar-refractivity contribution in [3.63, 3.8) is 0 Å². The summed E-state index contributed by atoms with van der Waals surface area (Å²) in [5.41, 5.74) is 1.78. The average molecular weight is 501 g/mol. The number of phenols is 2. The van der Waals surface area contributed by atoms with Gasteiger partial charge in [-0.15, -0.1) is 0 Å². The van der Waals surface area contributed by atoms with E-state index in [-0.39, 0.29) is 34.5 Å². The molecule has 1 aliphatic carbocycles. The molecule has 2 aromatic carbocycles. The molecule has 3 atom stereocenters. The van der Waals surface area contributed by atoms with Gasteiger partial charge in [-0.1, -0.05) is 0 Å². The Morgan fingerprint density at radius 3 is 1.91 bits per heavy atom. The van der Waals surface area contributed by atoms with Gasteiger partial charge >= 0.3 is 10.4 Å². The van der Waals surface area contributed by atoms with E-state index in [2.05, 4.69) is 0 Å². The molecule has 188 valence electrons. The molecule has 11 nitrogen and oxygen atoms in total. The second-order valence-corrected chi connectivity index (χ2v) is 8.73. The summed E-state index contributed by atoms with van der Waals surface area (Å²) in [4.78, 5) is 0. The normalized spacial score (nSPS) is 19.9. The Bertz CT molecular complexity index is 1120. The maximum Gasteiger partial charge on any atom is 0.397 e. The van der Waals surface area contributed by atoms with Gasteiger partial charge in [0.25, 0.3) is 0 Å². The summed E-state index contributed by atoms with van der Waals surface area (Å²) >= 11 is 0. The SMILES string of the molecule is COc1cc(C2c3c(cc(OC)c(O)c3OC)CC(OC)C2COS(=O)(=O)O)cc(OC)c1O. The second kappa shape index (κ2) is 10.1. The highest BCUT2D eigenvalue weighted by Gasteiger charge is 2.43. The van der Waals surface area contributed by atoms with Gasteiger partial charge in [-0.05, 0) is 35.7 Å². The van der Waals surface area contributed by atoms with Crippen molar-refractivity contribution in [2.75, 3.05) is 42.2 Å². The fourth-order valence-electron chi connectivity index (χ4n) is 4.49. The first-order valence-electron chi connectivity index (χ1n) is 10.2. The van der Waals surface area contributed by atoms with E-state index in [9.17, 15) is 23.2 Å². The lowest BCUT2D eigenvalue weighted by Crippen LogP contribution is -2.39. The number of aromatic hydroxyl groups is 2. The highest BCUT2D eigenvalue weighted by Crippen LogP contribution is 2.53. The zero-order valence-corrected chi connectivity index (χ0v) is 20.2. The number of ether oxygens (including phenoxy) is 5. The largest absolute Gasteiger partial charge is 0.502 e. The Balaban J connectivity index is 2.34. The van der Waals surface area contributed by atoms with Gasteiger partial charge in [-0.2, -0.15) is 8.42 Å². The van der Waals surface area contributed by atoms with E-state index in [0.717, 1.165) is 5.56 Å². The van der Waals surface area contributed by atoms with Gasteiger partial charge in [0.05, 0.1) is 41.2 Å². The third-order valence-corrected chi connectivity index (χ3v) is 6.41. The summed E-state index contributed by atoms with van der Waals surface area (Å²) in [6.07, 6.45) is -0.259. The quantitative estimate of drug-likeness (QED) is 0.435. The van der Waals surface area contributed by atoms with E-state index in [4.69, 9.17) is 27.9 Å². The second-order valence-electron chi connectivity index (χ2n) is 7.64. The minimum absolute atomic E-state index is 0.113. The van der Waals surface area contributed by atoms with Crippen LogP contribution in [0.2, 0.25) is 0 Å². The molecule has 0 bridgehead atoms. The molecule has 0 aliphatic heterocycles. The molecule has 0 spiro atoms. The summed E-state index contributed by atoms with van der Waals surface area (Å²) in [6, 6.07) is 4.78. The van der Waals surface area contributed by atoms with Crippen LogP contribution in [0.1, 0.15) is 22.6 Å². The average Bonchev–Trinajstić information content (AvgIpc) is 2.81. The molecule has 34 heavy (non-hydrogen) atoms. The van der Waals surface area contributed by atoms with E-state index >= 15 is 0 Å². The van der Waals surface area contributed by atoms with Gasteiger partial charge < -0.3 is 33.9 Å². The van der Waals surface area contributed by atoms with E-state index < -0.39 is 34.9 Å². The van der Waals surface area contributed by atoms with Crippen molar-refractivity contribution in [2.45, 2.75) is 18.4 Å². The maximum absolute atomic E-state index is 11.4. The monoisotopic (exact) mass is 500 g/mol. The fourth-order valence-corrected chi connectivity index (χ4v) is 4.82. The first-order valence-corrected chi connectivity index (χ1v) is 11.5. The summed E-state index contributed by atoms with van der Waals surface area (Å²) in [6.45, 7) is -0.442. The highest BCUT2D eigenvalue weighted by atomic mass is 32.3. The van der Waals surface area contributed by atoms with Crippen LogP contribution >= 0.6 is 0 Å². The van der Waals surface area contributed by atoms with Crippen LogP contribution in [0.3, 0.4) is 0 Å². The standard InChI is InChI=1S/C22H28O11S/c1-28-14-6-12-9-17(31-4)21(24)22(32-5)19(12)18(13(14)10-33-34(25,26)27)11-7-15(29-2)20(23)16(8-11)30-3/h7-9,13-14,18,23-24H,6,10H2,1-5H3,(H,25,26,27). The number of hydrogen-bond donors (Lipinski definition) is 3. The Morgan fingerprint density at radius 2 is 1.44 bits per heavy atom. The van der Waals surface area contributed by atoms with E-state index in [1.807, 2.05) is 0 Å². The minimum Gasteiger partial charge on any atom is -0.502 e. The zero-order valence-electron chi connectivity index (χ0n) is 19.4. The smallest absolute Gasteiger partial charge is 0.397 e. The zero-order chi connectivity index (χ0) is 25.2. The van der Waals surface area contributed by atoms with Crippen molar-refractivity contribution >= 4 is 10.4 Å². The molecule has 0 fully saturated rings. The highest BCUT2D eigenvalue weighted by molar-refractivity contribution is 7.80. The van der Waals surface area contributed by atoms with Crippen molar-refractivity contribution in [3.8, 4) is 34.5 Å². The van der Waals surface area contributed by atoms with Crippen molar-refractivity contribution in [2.24, 2.45) is 5.92 Å². The third-order valence-electron chi connectivity index (χ3n) is 5.98. The molecule has 3 rings (SSSR count). The number of rotatable bonds is 9. The third kappa shape index (κ3) is 4.80. The maximum atomic E-state index is 11.4. The Labute approximate surface area is 197 Å². The van der Waals surface area contributed by atoms with Crippen molar-refractivity contribution in [1.82, 2.24) is 0 Å². The van der Waals surface area contributed by atoms with Crippen LogP contribution in [0.5, 0.6) is 34.5 Å². The fraction of sp³-hybridized carbons (Fsp3) is 0.455. The van der Waals surface area contributed by atoms with Crippen LogP contribution in [-0.4, -0.2) is 71.4 Å². The molecule has 2 aromatic rings. The summed E-state index contributed by atoms with van der Waals surface area (Å²) < 4.78 is 63.9. The Morgan fingerprint density at radius 1 is 0.882 bits per heavy atom. The molecular formula is C22H28O11S. The van der Waals surface area contributed by atoms with Crippen LogP contribution in [0, 0.1) is 5.92 Å². The van der Waals surface area contributed by atoms with Gasteiger partial charge in [0.15, 0.2) is 23.0 Å². The lowest BCUT2D eigenvalue weighted by atomic mass is 9.70. The first kappa shape index (κ1) is 25.7. The van der Waals surface area contributed by atoms with Crippen LogP contribution in [-0.2, 0) is 25.7 Å². The first-order chi connectivity index (χ1) is 16.1. The van der Waals surface area contributed by atoms with Crippen molar-refractivity contribution in [3.05, 3.63) is 34.9 Å². The number of fused-ring (bicyclic) bond motifs is 1. The molecule has 12 heteroatoms. The molecule has 0 saturated heterocycles. The predicted octanol–water partition coefficient (Wildman–Crippen LogP) is 2.27. The number of benzene rings is 2. The van der Waals surface area contributed by atoms with E-state index in [1.54, 1.807) is 18.2 Å².